The number of thioether (sulfide) groups is 1. The number of rotatable bonds is 7. The molecule has 1 saturated heterocycles. The SMILES string of the molecule is COC(=O)c1ccc(/C=C2\SC(=S)N(CCCC(=O)NNC(=O)c3ccccc3O)C2=O)cc1. The van der Waals surface area contributed by atoms with Crippen LogP contribution in [-0.4, -0.2) is 51.7 Å². The van der Waals surface area contributed by atoms with Crippen molar-refractivity contribution in [2.24, 2.45) is 0 Å². The minimum Gasteiger partial charge on any atom is -0.507 e. The van der Waals surface area contributed by atoms with Gasteiger partial charge in [-0.1, -0.05) is 48.2 Å². The normalized spacial score (nSPS) is 14.3. The van der Waals surface area contributed by atoms with Gasteiger partial charge in [-0.3, -0.25) is 30.1 Å². The maximum absolute atomic E-state index is 12.7. The van der Waals surface area contributed by atoms with Crippen LogP contribution >= 0.6 is 24.0 Å². The van der Waals surface area contributed by atoms with E-state index in [1.807, 2.05) is 0 Å². The minimum absolute atomic E-state index is 0.0343. The molecule has 0 spiro atoms. The van der Waals surface area contributed by atoms with Crippen LogP contribution in [0.2, 0.25) is 0 Å². The summed E-state index contributed by atoms with van der Waals surface area (Å²) < 4.78 is 5.05. The fourth-order valence-electron chi connectivity index (χ4n) is 3.00. The van der Waals surface area contributed by atoms with Crippen molar-refractivity contribution in [3.8, 4) is 5.75 Å². The third-order valence-electron chi connectivity index (χ3n) is 4.75. The van der Waals surface area contributed by atoms with Gasteiger partial charge in [0.2, 0.25) is 5.91 Å². The lowest BCUT2D eigenvalue weighted by Crippen LogP contribution is -2.42. The van der Waals surface area contributed by atoms with E-state index in [-0.39, 0.29) is 30.2 Å². The van der Waals surface area contributed by atoms with E-state index in [0.29, 0.717) is 21.2 Å². The number of aromatic hydroxyl groups is 1. The van der Waals surface area contributed by atoms with Gasteiger partial charge in [0.1, 0.15) is 10.1 Å². The van der Waals surface area contributed by atoms with Gasteiger partial charge in [0, 0.05) is 13.0 Å². The van der Waals surface area contributed by atoms with Crippen LogP contribution in [0.3, 0.4) is 0 Å². The van der Waals surface area contributed by atoms with E-state index in [0.717, 1.165) is 17.3 Å². The van der Waals surface area contributed by atoms with Crippen molar-refractivity contribution < 1.29 is 29.0 Å². The van der Waals surface area contributed by atoms with Gasteiger partial charge in [-0.25, -0.2) is 4.79 Å². The number of hydrogen-bond acceptors (Lipinski definition) is 8. The molecule has 3 rings (SSSR count). The van der Waals surface area contributed by atoms with E-state index < -0.39 is 17.8 Å². The van der Waals surface area contributed by atoms with Crippen molar-refractivity contribution in [3.05, 3.63) is 70.1 Å². The Kier molecular flexibility index (Phi) is 8.39. The van der Waals surface area contributed by atoms with Crippen molar-refractivity contribution in [1.82, 2.24) is 15.8 Å². The van der Waals surface area contributed by atoms with Crippen LogP contribution in [0.15, 0.2) is 53.4 Å². The zero-order valence-electron chi connectivity index (χ0n) is 18.1. The molecule has 11 heteroatoms. The summed E-state index contributed by atoms with van der Waals surface area (Å²) in [5.74, 6) is -2.00. The number of hydrazine groups is 1. The molecule has 0 radical (unpaired) electrons. The average molecular weight is 500 g/mol. The van der Waals surface area contributed by atoms with Gasteiger partial charge in [0.05, 0.1) is 23.1 Å². The number of thiocarbonyl (C=S) groups is 1. The Morgan fingerprint density at radius 3 is 2.50 bits per heavy atom. The van der Waals surface area contributed by atoms with Crippen molar-refractivity contribution in [1.29, 1.82) is 0 Å². The molecule has 176 valence electrons. The van der Waals surface area contributed by atoms with Crippen LogP contribution in [-0.2, 0) is 14.3 Å². The summed E-state index contributed by atoms with van der Waals surface area (Å²) >= 11 is 6.46. The number of nitrogens with zero attached hydrogens (tertiary/aromatic N) is 1. The smallest absolute Gasteiger partial charge is 0.337 e. The monoisotopic (exact) mass is 499 g/mol. The van der Waals surface area contributed by atoms with E-state index in [4.69, 9.17) is 12.2 Å². The van der Waals surface area contributed by atoms with Crippen molar-refractivity contribution in [3.63, 3.8) is 0 Å². The second kappa shape index (κ2) is 11.4. The van der Waals surface area contributed by atoms with E-state index >= 15 is 0 Å². The highest BCUT2D eigenvalue weighted by molar-refractivity contribution is 8.26. The zero-order valence-corrected chi connectivity index (χ0v) is 19.7. The first-order chi connectivity index (χ1) is 16.3. The minimum atomic E-state index is -0.645. The number of methoxy groups -OCH3 is 1. The molecular formula is C23H21N3O6S2. The quantitative estimate of drug-likeness (QED) is 0.230. The molecule has 0 unspecified atom stereocenters. The summed E-state index contributed by atoms with van der Waals surface area (Å²) in [6.07, 6.45) is 2.06. The van der Waals surface area contributed by atoms with Crippen molar-refractivity contribution in [2.75, 3.05) is 13.7 Å². The molecule has 1 fully saturated rings. The lowest BCUT2D eigenvalue weighted by molar-refractivity contribution is -0.124. The number of amides is 3. The van der Waals surface area contributed by atoms with Gasteiger partial charge in [0.25, 0.3) is 11.8 Å². The summed E-state index contributed by atoms with van der Waals surface area (Å²) in [5, 5.41) is 9.67. The van der Waals surface area contributed by atoms with E-state index in [9.17, 15) is 24.3 Å². The van der Waals surface area contributed by atoms with Gasteiger partial charge >= 0.3 is 5.97 Å². The standard InChI is InChI=1S/C23H21N3O6S2/c1-32-22(31)15-10-8-14(9-11-15)13-18-21(30)26(23(33)34-18)12-4-7-19(28)24-25-20(29)16-5-2-3-6-17(16)27/h2-3,5-6,8-11,13,27H,4,7,12H2,1H3,(H,24,28)(H,25,29)/b18-13-. The first-order valence-electron chi connectivity index (χ1n) is 10.1. The number of carbonyl (C=O) groups is 4. The van der Waals surface area contributed by atoms with Gasteiger partial charge in [0.15, 0.2) is 0 Å². The highest BCUT2D eigenvalue weighted by Gasteiger charge is 2.31. The largest absolute Gasteiger partial charge is 0.507 e. The fourth-order valence-corrected chi connectivity index (χ4v) is 4.31. The van der Waals surface area contributed by atoms with Crippen LogP contribution in [0.25, 0.3) is 6.08 Å². The molecule has 0 atom stereocenters. The third-order valence-corrected chi connectivity index (χ3v) is 6.13. The summed E-state index contributed by atoms with van der Waals surface area (Å²) in [5.41, 5.74) is 5.68. The molecule has 3 amide bonds. The number of carbonyl (C=O) groups excluding carboxylic acids is 4. The topological polar surface area (TPSA) is 125 Å². The number of phenols is 1. The molecule has 0 aromatic heterocycles. The van der Waals surface area contributed by atoms with Crippen molar-refractivity contribution in [2.45, 2.75) is 12.8 Å². The lowest BCUT2D eigenvalue weighted by atomic mass is 10.1. The Morgan fingerprint density at radius 1 is 1.12 bits per heavy atom. The predicted molar refractivity (Wildman–Crippen MR) is 131 cm³/mol. The molecule has 34 heavy (non-hydrogen) atoms. The van der Waals surface area contributed by atoms with Crippen LogP contribution in [0.1, 0.15) is 39.1 Å². The van der Waals surface area contributed by atoms with Crippen LogP contribution in [0, 0.1) is 0 Å². The number of ether oxygens (including phenoxy) is 1. The molecular weight excluding hydrogens is 478 g/mol. The number of benzene rings is 2. The molecule has 0 saturated carbocycles. The molecule has 2 aromatic carbocycles. The molecule has 1 aliphatic heterocycles. The summed E-state index contributed by atoms with van der Waals surface area (Å²) in [7, 11) is 1.30. The van der Waals surface area contributed by atoms with Crippen LogP contribution in [0.4, 0.5) is 0 Å². The second-order valence-corrected chi connectivity index (χ2v) is 8.75. The number of phenolic OH excluding ortho intramolecular Hbond substituents is 1. The number of hydrogen-bond donors (Lipinski definition) is 3. The van der Waals surface area contributed by atoms with E-state index in [2.05, 4.69) is 15.6 Å². The fraction of sp³-hybridized carbons (Fsp3) is 0.174. The summed E-state index contributed by atoms with van der Waals surface area (Å²) in [6.45, 7) is 0.240. The molecule has 2 aromatic rings. The molecule has 9 nitrogen and oxygen atoms in total. The second-order valence-electron chi connectivity index (χ2n) is 7.07. The first kappa shape index (κ1) is 24.9. The Balaban J connectivity index is 1.48. The Hall–Kier alpha value is -3.70. The summed E-state index contributed by atoms with van der Waals surface area (Å²) in [6, 6.07) is 12.6. The number of esters is 1. The predicted octanol–water partition coefficient (Wildman–Crippen LogP) is 2.62. The maximum atomic E-state index is 12.7. The third kappa shape index (κ3) is 6.21. The highest BCUT2D eigenvalue weighted by atomic mass is 32.2. The molecule has 0 aliphatic carbocycles. The summed E-state index contributed by atoms with van der Waals surface area (Å²) in [4.78, 5) is 50.1. The van der Waals surface area contributed by atoms with E-state index in [1.54, 1.807) is 42.5 Å². The van der Waals surface area contributed by atoms with Gasteiger partial charge < -0.3 is 9.84 Å². The number of para-hydroxylation sites is 1. The Morgan fingerprint density at radius 2 is 1.82 bits per heavy atom. The number of nitrogens with one attached hydrogen (secondary N) is 2. The maximum Gasteiger partial charge on any atom is 0.337 e. The average Bonchev–Trinajstić information content (AvgIpc) is 3.10. The van der Waals surface area contributed by atoms with Crippen molar-refractivity contribution >= 4 is 58.1 Å². The van der Waals surface area contributed by atoms with Crippen LogP contribution in [0.5, 0.6) is 5.75 Å². The Bertz CT molecular complexity index is 1160. The lowest BCUT2D eigenvalue weighted by Gasteiger charge is -2.14. The van der Waals surface area contributed by atoms with Gasteiger partial charge in [-0.2, -0.15) is 0 Å². The van der Waals surface area contributed by atoms with Gasteiger partial charge in [-0.15, -0.1) is 0 Å². The van der Waals surface area contributed by atoms with E-state index in [1.165, 1.54) is 24.1 Å². The van der Waals surface area contributed by atoms with Crippen LogP contribution < -0.4 is 10.9 Å². The first-order valence-corrected chi connectivity index (χ1v) is 11.3. The molecule has 0 bridgehead atoms. The van der Waals surface area contributed by atoms with Gasteiger partial charge in [-0.05, 0) is 42.3 Å². The molecule has 3 N–H and O–H groups in total. The molecule has 1 heterocycles. The molecule has 1 aliphatic rings. The Labute approximate surface area is 205 Å². The zero-order chi connectivity index (χ0) is 24.7. The highest BCUT2D eigenvalue weighted by Crippen LogP contribution is 2.32.